The number of ether oxygens (including phenoxy) is 1. The second-order valence-electron chi connectivity index (χ2n) is 5.70. The molecule has 0 fully saturated rings. The van der Waals surface area contributed by atoms with E-state index in [0.29, 0.717) is 11.3 Å². The smallest absolute Gasteiger partial charge is 0.422 e. The highest BCUT2D eigenvalue weighted by Crippen LogP contribution is 2.20. The molecule has 0 aliphatic heterocycles. The summed E-state index contributed by atoms with van der Waals surface area (Å²) in [6.45, 7) is 5.25. The molecule has 1 aromatic heterocycles. The molecule has 0 bridgehead atoms. The van der Waals surface area contributed by atoms with Gasteiger partial charge in [0.05, 0.1) is 11.9 Å². The number of amides is 2. The van der Waals surface area contributed by atoms with E-state index >= 15 is 0 Å². The molecule has 0 unspecified atom stereocenters. The van der Waals surface area contributed by atoms with Gasteiger partial charge >= 0.3 is 6.09 Å². The lowest BCUT2D eigenvalue weighted by molar-refractivity contribution is 0.0564. The average Bonchev–Trinajstić information content (AvgIpc) is 2.47. The van der Waals surface area contributed by atoms with E-state index in [2.05, 4.69) is 4.98 Å². The maximum atomic E-state index is 12.7. The third-order valence-corrected chi connectivity index (χ3v) is 2.70. The van der Waals surface area contributed by atoms with E-state index in [1.807, 2.05) is 0 Å². The lowest BCUT2D eigenvalue weighted by atomic mass is 10.2. The van der Waals surface area contributed by atoms with Crippen LogP contribution < -0.4 is 4.90 Å². The summed E-state index contributed by atoms with van der Waals surface area (Å²) in [5.74, 6) is -0.456. The van der Waals surface area contributed by atoms with Gasteiger partial charge in [0, 0.05) is 11.8 Å². The third kappa shape index (κ3) is 3.91. The summed E-state index contributed by atoms with van der Waals surface area (Å²) in [7, 11) is 0. The van der Waals surface area contributed by atoms with E-state index < -0.39 is 17.6 Å². The molecule has 5 nitrogen and oxygen atoms in total. The Morgan fingerprint density at radius 1 is 1.05 bits per heavy atom. The molecule has 0 atom stereocenters. The zero-order valence-electron chi connectivity index (χ0n) is 12.8. The number of pyridine rings is 1. The molecule has 0 N–H and O–H groups in total. The van der Waals surface area contributed by atoms with E-state index in [-0.39, 0.29) is 0 Å². The Morgan fingerprint density at radius 3 is 2.27 bits per heavy atom. The third-order valence-electron chi connectivity index (χ3n) is 2.70. The SMILES string of the molecule is CC(C)(C)OC(=O)N(C(=O)c1ccccc1)c1cccnc1. The van der Waals surface area contributed by atoms with Crippen LogP contribution in [0.25, 0.3) is 0 Å². The molecule has 0 saturated carbocycles. The zero-order valence-corrected chi connectivity index (χ0v) is 12.8. The topological polar surface area (TPSA) is 59.5 Å². The van der Waals surface area contributed by atoms with Crippen LogP contribution in [0.4, 0.5) is 10.5 Å². The van der Waals surface area contributed by atoms with Gasteiger partial charge < -0.3 is 4.74 Å². The molecule has 2 rings (SSSR count). The largest absolute Gasteiger partial charge is 0.443 e. The van der Waals surface area contributed by atoms with Crippen LogP contribution in [0.15, 0.2) is 54.9 Å². The minimum absolute atomic E-state index is 0.366. The van der Waals surface area contributed by atoms with Gasteiger partial charge in [0.15, 0.2) is 0 Å². The fraction of sp³-hybridized carbons (Fsp3) is 0.235. The van der Waals surface area contributed by atoms with Gasteiger partial charge in [-0.15, -0.1) is 0 Å². The molecule has 1 heterocycles. The van der Waals surface area contributed by atoms with Crippen molar-refractivity contribution in [3.05, 3.63) is 60.4 Å². The van der Waals surface area contributed by atoms with E-state index in [0.717, 1.165) is 4.90 Å². The van der Waals surface area contributed by atoms with Crippen molar-refractivity contribution >= 4 is 17.7 Å². The van der Waals surface area contributed by atoms with Gasteiger partial charge in [-0.05, 0) is 45.0 Å². The van der Waals surface area contributed by atoms with Crippen LogP contribution in [-0.4, -0.2) is 22.6 Å². The molecular weight excluding hydrogens is 280 g/mol. The summed E-state index contributed by atoms with van der Waals surface area (Å²) < 4.78 is 5.34. The Hall–Kier alpha value is -2.69. The van der Waals surface area contributed by atoms with Crippen LogP contribution in [0.1, 0.15) is 31.1 Å². The first-order valence-corrected chi connectivity index (χ1v) is 6.91. The van der Waals surface area contributed by atoms with Crippen molar-refractivity contribution in [3.63, 3.8) is 0 Å². The van der Waals surface area contributed by atoms with Crippen molar-refractivity contribution in [2.24, 2.45) is 0 Å². The molecule has 2 amide bonds. The second kappa shape index (κ2) is 6.39. The van der Waals surface area contributed by atoms with Gasteiger partial charge in [-0.3, -0.25) is 9.78 Å². The Bertz CT molecular complexity index is 649. The molecule has 0 radical (unpaired) electrons. The molecule has 0 spiro atoms. The van der Waals surface area contributed by atoms with Crippen molar-refractivity contribution < 1.29 is 14.3 Å². The Kier molecular flexibility index (Phi) is 4.56. The minimum atomic E-state index is -0.727. The Balaban J connectivity index is 2.38. The summed E-state index contributed by atoms with van der Waals surface area (Å²) in [5, 5.41) is 0. The highest BCUT2D eigenvalue weighted by molar-refractivity contribution is 6.19. The predicted molar refractivity (Wildman–Crippen MR) is 83.7 cm³/mol. The summed E-state index contributed by atoms with van der Waals surface area (Å²) in [4.78, 5) is 30.1. The van der Waals surface area contributed by atoms with Crippen LogP contribution in [0.5, 0.6) is 0 Å². The number of aromatic nitrogens is 1. The number of hydrogen-bond donors (Lipinski definition) is 0. The van der Waals surface area contributed by atoms with Crippen molar-refractivity contribution in [1.82, 2.24) is 4.98 Å². The fourth-order valence-corrected chi connectivity index (χ4v) is 1.81. The first-order valence-electron chi connectivity index (χ1n) is 6.91. The summed E-state index contributed by atoms with van der Waals surface area (Å²) >= 11 is 0. The van der Waals surface area contributed by atoms with Gasteiger partial charge in [-0.1, -0.05) is 18.2 Å². The number of hydrogen-bond acceptors (Lipinski definition) is 4. The number of benzene rings is 1. The lowest BCUT2D eigenvalue weighted by Gasteiger charge is -2.26. The van der Waals surface area contributed by atoms with Crippen molar-refractivity contribution in [2.45, 2.75) is 26.4 Å². The van der Waals surface area contributed by atoms with Crippen molar-refractivity contribution in [3.8, 4) is 0 Å². The highest BCUT2D eigenvalue weighted by Gasteiger charge is 2.29. The van der Waals surface area contributed by atoms with Crippen LogP contribution in [-0.2, 0) is 4.74 Å². The highest BCUT2D eigenvalue weighted by atomic mass is 16.6. The number of imide groups is 1. The first kappa shape index (κ1) is 15.7. The van der Waals surface area contributed by atoms with E-state index in [1.165, 1.54) is 6.20 Å². The van der Waals surface area contributed by atoms with E-state index in [1.54, 1.807) is 69.4 Å². The van der Waals surface area contributed by atoms with Crippen LogP contribution in [0.3, 0.4) is 0 Å². The van der Waals surface area contributed by atoms with Crippen molar-refractivity contribution in [2.75, 3.05) is 4.90 Å². The van der Waals surface area contributed by atoms with Gasteiger partial charge in [-0.2, -0.15) is 0 Å². The minimum Gasteiger partial charge on any atom is -0.443 e. The molecule has 114 valence electrons. The Morgan fingerprint density at radius 2 is 1.73 bits per heavy atom. The average molecular weight is 298 g/mol. The lowest BCUT2D eigenvalue weighted by Crippen LogP contribution is -2.41. The molecular formula is C17H18N2O3. The number of rotatable bonds is 2. The van der Waals surface area contributed by atoms with Gasteiger partial charge in [0.2, 0.25) is 0 Å². The molecule has 0 aliphatic rings. The van der Waals surface area contributed by atoms with E-state index in [9.17, 15) is 9.59 Å². The predicted octanol–water partition coefficient (Wildman–Crippen LogP) is 3.66. The maximum absolute atomic E-state index is 12.7. The van der Waals surface area contributed by atoms with Crippen LogP contribution in [0.2, 0.25) is 0 Å². The second-order valence-corrected chi connectivity index (χ2v) is 5.70. The number of anilines is 1. The van der Waals surface area contributed by atoms with Gasteiger partial charge in [0.25, 0.3) is 5.91 Å². The summed E-state index contributed by atoms with van der Waals surface area (Å²) in [6.07, 6.45) is 2.29. The fourth-order valence-electron chi connectivity index (χ4n) is 1.81. The number of nitrogens with zero attached hydrogens (tertiary/aromatic N) is 2. The standard InChI is InChI=1S/C17H18N2O3/c1-17(2,3)22-16(21)19(14-10-7-11-18-12-14)15(20)13-8-5-4-6-9-13/h4-12H,1-3H3. The molecule has 0 aliphatic carbocycles. The van der Waals surface area contributed by atoms with E-state index in [4.69, 9.17) is 4.74 Å². The quantitative estimate of drug-likeness (QED) is 0.849. The summed E-state index contributed by atoms with van der Waals surface area (Å²) in [5.41, 5.74) is 0.0666. The monoisotopic (exact) mass is 298 g/mol. The molecule has 2 aromatic rings. The van der Waals surface area contributed by atoms with Gasteiger partial charge in [-0.25, -0.2) is 9.69 Å². The first-order chi connectivity index (χ1) is 10.4. The van der Waals surface area contributed by atoms with Crippen LogP contribution >= 0.6 is 0 Å². The zero-order chi connectivity index (χ0) is 16.2. The van der Waals surface area contributed by atoms with Gasteiger partial charge in [0.1, 0.15) is 5.60 Å². The molecule has 5 heteroatoms. The number of carbonyl (C=O) groups is 2. The molecule has 1 aromatic carbocycles. The summed E-state index contributed by atoms with van der Waals surface area (Å²) in [6, 6.07) is 11.9. The van der Waals surface area contributed by atoms with Crippen molar-refractivity contribution in [1.29, 1.82) is 0 Å². The number of carbonyl (C=O) groups excluding carboxylic acids is 2. The normalized spacial score (nSPS) is 10.9. The molecule has 0 saturated heterocycles. The Labute approximate surface area is 129 Å². The molecule has 22 heavy (non-hydrogen) atoms. The van der Waals surface area contributed by atoms with Crippen LogP contribution in [0, 0.1) is 0 Å². The maximum Gasteiger partial charge on any atom is 0.422 e.